The van der Waals surface area contributed by atoms with Crippen molar-refractivity contribution < 1.29 is 0 Å². The first-order valence-electron chi connectivity index (χ1n) is 8.19. The summed E-state index contributed by atoms with van der Waals surface area (Å²) >= 11 is 0. The number of piperidine rings is 2. The minimum absolute atomic E-state index is 0.887. The lowest BCUT2D eigenvalue weighted by Gasteiger charge is -2.36. The Morgan fingerprint density at radius 2 is 1.78 bits per heavy atom. The van der Waals surface area contributed by atoms with Crippen molar-refractivity contribution in [2.24, 2.45) is 17.8 Å². The Hall–Kier alpha value is -0.0800. The standard InChI is InChI=1S/C14H28N2.C2H6/c1-12(2)14-5-8-16(9-6-14)11-13-4-3-7-15-10-13;1-2/h12-15H,3-11H2,1-2H3;1-2H3. The summed E-state index contributed by atoms with van der Waals surface area (Å²) in [6.07, 6.45) is 5.68. The van der Waals surface area contributed by atoms with Crippen molar-refractivity contribution >= 4 is 0 Å². The monoisotopic (exact) mass is 254 g/mol. The molecule has 2 rings (SSSR count). The second-order valence-electron chi connectivity index (χ2n) is 6.09. The molecule has 108 valence electrons. The maximum Gasteiger partial charge on any atom is 0.00218 e. The molecule has 1 atom stereocenters. The largest absolute Gasteiger partial charge is 0.316 e. The highest BCUT2D eigenvalue weighted by Crippen LogP contribution is 2.25. The fourth-order valence-electron chi connectivity index (χ4n) is 3.25. The van der Waals surface area contributed by atoms with Gasteiger partial charge in [0.1, 0.15) is 0 Å². The maximum atomic E-state index is 3.52. The van der Waals surface area contributed by atoms with E-state index >= 15 is 0 Å². The molecule has 0 aliphatic carbocycles. The zero-order valence-corrected chi connectivity index (χ0v) is 13.0. The van der Waals surface area contributed by atoms with Crippen LogP contribution in [0.2, 0.25) is 0 Å². The summed E-state index contributed by atoms with van der Waals surface area (Å²) in [7, 11) is 0. The molecule has 2 heteroatoms. The van der Waals surface area contributed by atoms with Crippen LogP contribution in [0.15, 0.2) is 0 Å². The van der Waals surface area contributed by atoms with E-state index in [-0.39, 0.29) is 0 Å². The Labute approximate surface area is 115 Å². The van der Waals surface area contributed by atoms with E-state index in [4.69, 9.17) is 0 Å². The van der Waals surface area contributed by atoms with Crippen molar-refractivity contribution in [1.82, 2.24) is 10.2 Å². The van der Waals surface area contributed by atoms with E-state index in [9.17, 15) is 0 Å². The second-order valence-corrected chi connectivity index (χ2v) is 6.09. The van der Waals surface area contributed by atoms with Crippen LogP contribution in [0.1, 0.15) is 53.4 Å². The minimum atomic E-state index is 0.887. The first-order valence-corrected chi connectivity index (χ1v) is 8.19. The van der Waals surface area contributed by atoms with Gasteiger partial charge in [0.2, 0.25) is 0 Å². The molecule has 0 aromatic heterocycles. The molecular formula is C16H34N2. The normalized spacial score (nSPS) is 26.8. The molecule has 2 aliphatic rings. The van der Waals surface area contributed by atoms with Gasteiger partial charge < -0.3 is 10.2 Å². The summed E-state index contributed by atoms with van der Waals surface area (Å²) in [6.45, 7) is 15.3. The number of nitrogens with one attached hydrogen (secondary N) is 1. The van der Waals surface area contributed by atoms with Crippen LogP contribution in [0.5, 0.6) is 0 Å². The van der Waals surface area contributed by atoms with Gasteiger partial charge in [0, 0.05) is 6.54 Å². The summed E-state index contributed by atoms with van der Waals surface area (Å²) in [6, 6.07) is 0. The van der Waals surface area contributed by atoms with Gasteiger partial charge in [-0.3, -0.25) is 0 Å². The SMILES string of the molecule is CC.CC(C)C1CCN(CC2CCCNC2)CC1. The van der Waals surface area contributed by atoms with E-state index < -0.39 is 0 Å². The quantitative estimate of drug-likeness (QED) is 0.830. The Morgan fingerprint density at radius 1 is 1.11 bits per heavy atom. The fraction of sp³-hybridized carbons (Fsp3) is 1.00. The van der Waals surface area contributed by atoms with Gasteiger partial charge in [-0.15, -0.1) is 0 Å². The van der Waals surface area contributed by atoms with Crippen LogP contribution < -0.4 is 5.32 Å². The van der Waals surface area contributed by atoms with Crippen molar-refractivity contribution in [3.05, 3.63) is 0 Å². The van der Waals surface area contributed by atoms with Crippen LogP contribution >= 0.6 is 0 Å². The molecule has 0 saturated carbocycles. The van der Waals surface area contributed by atoms with E-state index in [1.165, 1.54) is 58.4 Å². The van der Waals surface area contributed by atoms with Crippen LogP contribution in [0.25, 0.3) is 0 Å². The van der Waals surface area contributed by atoms with Gasteiger partial charge in [0.25, 0.3) is 0 Å². The topological polar surface area (TPSA) is 15.3 Å². The molecule has 0 radical (unpaired) electrons. The zero-order valence-electron chi connectivity index (χ0n) is 13.0. The zero-order chi connectivity index (χ0) is 13.4. The molecule has 2 saturated heterocycles. The summed E-state index contributed by atoms with van der Waals surface area (Å²) in [4.78, 5) is 2.70. The third kappa shape index (κ3) is 5.27. The van der Waals surface area contributed by atoms with Gasteiger partial charge in [0.15, 0.2) is 0 Å². The highest BCUT2D eigenvalue weighted by Gasteiger charge is 2.23. The lowest BCUT2D eigenvalue weighted by molar-refractivity contribution is 0.132. The third-order valence-corrected chi connectivity index (χ3v) is 4.49. The van der Waals surface area contributed by atoms with Gasteiger partial charge in [-0.25, -0.2) is 0 Å². The molecule has 2 aliphatic heterocycles. The number of nitrogens with zero attached hydrogens (tertiary/aromatic N) is 1. The molecule has 0 aromatic rings. The average Bonchev–Trinajstić information content (AvgIpc) is 2.43. The first kappa shape index (κ1) is 16.0. The summed E-state index contributed by atoms with van der Waals surface area (Å²) < 4.78 is 0. The maximum absolute atomic E-state index is 3.52. The molecular weight excluding hydrogens is 220 g/mol. The summed E-state index contributed by atoms with van der Waals surface area (Å²) in [5, 5.41) is 3.52. The van der Waals surface area contributed by atoms with Crippen LogP contribution in [0.3, 0.4) is 0 Å². The van der Waals surface area contributed by atoms with Crippen molar-refractivity contribution in [3.63, 3.8) is 0 Å². The van der Waals surface area contributed by atoms with Gasteiger partial charge in [-0.05, 0) is 69.6 Å². The molecule has 2 heterocycles. The fourth-order valence-corrected chi connectivity index (χ4v) is 3.25. The Balaban J connectivity index is 0.000000771. The van der Waals surface area contributed by atoms with Gasteiger partial charge in [-0.1, -0.05) is 27.7 Å². The van der Waals surface area contributed by atoms with Crippen LogP contribution in [0.4, 0.5) is 0 Å². The van der Waals surface area contributed by atoms with E-state index in [0.29, 0.717) is 0 Å². The third-order valence-electron chi connectivity index (χ3n) is 4.49. The van der Waals surface area contributed by atoms with Crippen LogP contribution in [0, 0.1) is 17.8 Å². The number of likely N-dealkylation sites (tertiary alicyclic amines) is 1. The van der Waals surface area contributed by atoms with E-state index in [2.05, 4.69) is 24.1 Å². The number of hydrogen-bond acceptors (Lipinski definition) is 2. The summed E-state index contributed by atoms with van der Waals surface area (Å²) in [5.41, 5.74) is 0. The smallest absolute Gasteiger partial charge is 0.00218 e. The van der Waals surface area contributed by atoms with Crippen LogP contribution in [-0.4, -0.2) is 37.6 Å². The van der Waals surface area contributed by atoms with Crippen molar-refractivity contribution in [2.75, 3.05) is 32.7 Å². The highest BCUT2D eigenvalue weighted by atomic mass is 15.1. The predicted octanol–water partition coefficient (Wildman–Crippen LogP) is 3.38. The number of rotatable bonds is 3. The Bertz CT molecular complexity index is 189. The van der Waals surface area contributed by atoms with Gasteiger partial charge in [0.05, 0.1) is 0 Å². The first-order chi connectivity index (χ1) is 8.75. The minimum Gasteiger partial charge on any atom is -0.316 e. The predicted molar refractivity (Wildman–Crippen MR) is 80.9 cm³/mol. The Kier molecular flexibility index (Phi) is 7.92. The molecule has 1 unspecified atom stereocenters. The van der Waals surface area contributed by atoms with Gasteiger partial charge in [-0.2, -0.15) is 0 Å². The Morgan fingerprint density at radius 3 is 2.28 bits per heavy atom. The lowest BCUT2D eigenvalue weighted by Crippen LogP contribution is -2.42. The highest BCUT2D eigenvalue weighted by molar-refractivity contribution is 4.78. The molecule has 2 fully saturated rings. The summed E-state index contributed by atoms with van der Waals surface area (Å²) in [5.74, 6) is 2.79. The van der Waals surface area contributed by atoms with E-state index in [1.54, 1.807) is 0 Å². The van der Waals surface area contributed by atoms with Crippen molar-refractivity contribution in [2.45, 2.75) is 53.4 Å². The molecule has 18 heavy (non-hydrogen) atoms. The van der Waals surface area contributed by atoms with Crippen molar-refractivity contribution in [3.8, 4) is 0 Å². The average molecular weight is 254 g/mol. The molecule has 1 N–H and O–H groups in total. The molecule has 0 spiro atoms. The van der Waals surface area contributed by atoms with Crippen molar-refractivity contribution in [1.29, 1.82) is 0 Å². The van der Waals surface area contributed by atoms with E-state index in [0.717, 1.165) is 17.8 Å². The molecule has 0 bridgehead atoms. The molecule has 0 aromatic carbocycles. The molecule has 2 nitrogen and oxygen atoms in total. The van der Waals surface area contributed by atoms with Gasteiger partial charge >= 0.3 is 0 Å². The van der Waals surface area contributed by atoms with Crippen LogP contribution in [-0.2, 0) is 0 Å². The number of hydrogen-bond donors (Lipinski definition) is 1. The second kappa shape index (κ2) is 8.92. The van der Waals surface area contributed by atoms with E-state index in [1.807, 2.05) is 13.8 Å². The lowest BCUT2D eigenvalue weighted by atomic mass is 9.86. The molecule has 0 amide bonds.